The lowest BCUT2D eigenvalue weighted by molar-refractivity contribution is 0.00668. The van der Waals surface area contributed by atoms with E-state index in [1.807, 2.05) is 0 Å². The number of hydrogen-bond acceptors (Lipinski definition) is 3. The number of aliphatic hydroxyl groups excluding tert-OH is 1. The molecule has 0 unspecified atom stereocenters. The molecule has 0 aromatic heterocycles. The van der Waals surface area contributed by atoms with Crippen molar-refractivity contribution in [1.29, 1.82) is 0 Å². The summed E-state index contributed by atoms with van der Waals surface area (Å²) in [5, 5.41) is 9.42. The van der Waals surface area contributed by atoms with Gasteiger partial charge < -0.3 is 9.84 Å². The van der Waals surface area contributed by atoms with E-state index in [1.54, 1.807) is 39.0 Å². The van der Waals surface area contributed by atoms with Crippen molar-refractivity contribution in [1.82, 2.24) is 0 Å². The zero-order valence-electron chi connectivity index (χ0n) is 9.58. The maximum atomic E-state index is 11.8. The van der Waals surface area contributed by atoms with Crippen molar-refractivity contribution >= 4 is 17.6 Å². The molecule has 0 aliphatic carbocycles. The van der Waals surface area contributed by atoms with Gasteiger partial charge in [-0.2, -0.15) is 0 Å². The van der Waals surface area contributed by atoms with Crippen LogP contribution in [0.5, 0.6) is 0 Å². The molecule has 0 saturated carbocycles. The van der Waals surface area contributed by atoms with Crippen LogP contribution in [0.3, 0.4) is 0 Å². The Bertz CT molecular complexity index is 394. The summed E-state index contributed by atoms with van der Waals surface area (Å²) in [4.78, 5) is 11.8. The third-order valence-electron chi connectivity index (χ3n) is 1.87. The van der Waals surface area contributed by atoms with Gasteiger partial charge >= 0.3 is 5.97 Å². The number of aliphatic hydroxyl groups is 1. The summed E-state index contributed by atoms with van der Waals surface area (Å²) in [6.07, 6.45) is 0. The molecule has 0 spiro atoms. The van der Waals surface area contributed by atoms with Gasteiger partial charge in [-0.1, -0.05) is 23.7 Å². The molecule has 0 aliphatic rings. The average Bonchev–Trinajstić information content (AvgIpc) is 2.14. The van der Waals surface area contributed by atoms with E-state index in [0.717, 1.165) is 0 Å². The standard InChI is InChI=1S/C12H15ClO3/c1-12(2,3)16-11(15)10-8(7-14)5-4-6-9(10)13/h4-6,14H,7H2,1-3H3. The molecule has 0 bridgehead atoms. The molecule has 0 radical (unpaired) electrons. The summed E-state index contributed by atoms with van der Waals surface area (Å²) in [6, 6.07) is 4.92. The Morgan fingerprint density at radius 1 is 1.44 bits per heavy atom. The number of carbonyl (C=O) groups excluding carboxylic acids is 1. The summed E-state index contributed by atoms with van der Waals surface area (Å²) in [5.41, 5.74) is 0.131. The van der Waals surface area contributed by atoms with Gasteiger partial charge in [0.15, 0.2) is 0 Å². The number of esters is 1. The zero-order valence-corrected chi connectivity index (χ0v) is 10.3. The Hall–Kier alpha value is -1.06. The van der Waals surface area contributed by atoms with Crippen LogP contribution in [0.25, 0.3) is 0 Å². The van der Waals surface area contributed by atoms with E-state index in [1.165, 1.54) is 0 Å². The SMILES string of the molecule is CC(C)(C)OC(=O)c1c(Cl)cccc1CO. The van der Waals surface area contributed by atoms with Gasteiger partial charge in [0, 0.05) is 0 Å². The zero-order chi connectivity index (χ0) is 12.3. The van der Waals surface area contributed by atoms with E-state index >= 15 is 0 Å². The number of ether oxygens (including phenoxy) is 1. The van der Waals surface area contributed by atoms with Crippen molar-refractivity contribution < 1.29 is 14.6 Å². The Kier molecular flexibility index (Phi) is 3.94. The Balaban J connectivity index is 3.08. The van der Waals surface area contributed by atoms with E-state index < -0.39 is 11.6 Å². The predicted molar refractivity (Wildman–Crippen MR) is 62.5 cm³/mol. The first kappa shape index (κ1) is 13.0. The quantitative estimate of drug-likeness (QED) is 0.812. The number of carbonyl (C=O) groups is 1. The third-order valence-corrected chi connectivity index (χ3v) is 2.19. The summed E-state index contributed by atoms with van der Waals surface area (Å²) < 4.78 is 5.21. The molecule has 1 rings (SSSR count). The van der Waals surface area contributed by atoms with Crippen LogP contribution in [0.1, 0.15) is 36.7 Å². The van der Waals surface area contributed by atoms with Crippen LogP contribution >= 0.6 is 11.6 Å². The fourth-order valence-electron chi connectivity index (χ4n) is 1.26. The summed E-state index contributed by atoms with van der Waals surface area (Å²) in [7, 11) is 0. The molecular formula is C12H15ClO3. The maximum Gasteiger partial charge on any atom is 0.340 e. The van der Waals surface area contributed by atoms with Gasteiger partial charge in [0.1, 0.15) is 5.60 Å². The van der Waals surface area contributed by atoms with Crippen molar-refractivity contribution in [2.45, 2.75) is 33.0 Å². The molecule has 3 nitrogen and oxygen atoms in total. The van der Waals surface area contributed by atoms with Crippen LogP contribution in [-0.4, -0.2) is 16.7 Å². The smallest absolute Gasteiger partial charge is 0.340 e. The molecule has 1 aromatic rings. The van der Waals surface area contributed by atoms with Crippen LogP contribution in [-0.2, 0) is 11.3 Å². The fraction of sp³-hybridized carbons (Fsp3) is 0.417. The molecule has 0 saturated heterocycles. The Morgan fingerprint density at radius 2 is 2.06 bits per heavy atom. The third kappa shape index (κ3) is 3.22. The normalized spacial score (nSPS) is 11.3. The second-order valence-electron chi connectivity index (χ2n) is 4.43. The van der Waals surface area contributed by atoms with E-state index in [0.29, 0.717) is 10.6 Å². The van der Waals surface area contributed by atoms with Crippen LogP contribution < -0.4 is 0 Å². The highest BCUT2D eigenvalue weighted by molar-refractivity contribution is 6.33. The summed E-state index contributed by atoms with van der Waals surface area (Å²) in [5.74, 6) is -0.512. The molecular weight excluding hydrogens is 228 g/mol. The molecule has 1 aromatic carbocycles. The molecule has 16 heavy (non-hydrogen) atoms. The first-order valence-corrected chi connectivity index (χ1v) is 5.34. The van der Waals surface area contributed by atoms with Crippen molar-refractivity contribution in [2.24, 2.45) is 0 Å². The van der Waals surface area contributed by atoms with E-state index in [4.69, 9.17) is 21.4 Å². The Labute approximate surface area is 100.0 Å². The number of benzene rings is 1. The highest BCUT2D eigenvalue weighted by atomic mass is 35.5. The van der Waals surface area contributed by atoms with Gasteiger partial charge in [0.25, 0.3) is 0 Å². The lowest BCUT2D eigenvalue weighted by Crippen LogP contribution is -2.24. The van der Waals surface area contributed by atoms with Crippen molar-refractivity contribution in [3.63, 3.8) is 0 Å². The lowest BCUT2D eigenvalue weighted by atomic mass is 10.1. The minimum atomic E-state index is -0.580. The van der Waals surface area contributed by atoms with Crippen LogP contribution in [0.4, 0.5) is 0 Å². The summed E-state index contributed by atoms with van der Waals surface area (Å²) in [6.45, 7) is 5.09. The van der Waals surface area contributed by atoms with Gasteiger partial charge in [-0.25, -0.2) is 4.79 Å². The number of halogens is 1. The molecule has 0 heterocycles. The molecule has 0 atom stereocenters. The minimum absolute atomic E-state index is 0.238. The largest absolute Gasteiger partial charge is 0.456 e. The van der Waals surface area contributed by atoms with Crippen molar-refractivity contribution in [3.8, 4) is 0 Å². The maximum absolute atomic E-state index is 11.8. The van der Waals surface area contributed by atoms with Crippen LogP contribution in [0.15, 0.2) is 18.2 Å². The van der Waals surface area contributed by atoms with Crippen molar-refractivity contribution in [3.05, 3.63) is 34.3 Å². The predicted octanol–water partition coefficient (Wildman–Crippen LogP) is 2.79. The van der Waals surface area contributed by atoms with Gasteiger partial charge in [-0.15, -0.1) is 0 Å². The monoisotopic (exact) mass is 242 g/mol. The molecule has 0 amide bonds. The molecule has 4 heteroatoms. The van der Waals surface area contributed by atoms with E-state index in [2.05, 4.69) is 0 Å². The number of rotatable bonds is 2. The van der Waals surface area contributed by atoms with E-state index in [9.17, 15) is 4.79 Å². The van der Waals surface area contributed by atoms with Gasteiger partial charge in [0.05, 0.1) is 17.2 Å². The molecule has 88 valence electrons. The lowest BCUT2D eigenvalue weighted by Gasteiger charge is -2.20. The first-order valence-electron chi connectivity index (χ1n) is 4.97. The van der Waals surface area contributed by atoms with Gasteiger partial charge in [-0.3, -0.25) is 0 Å². The molecule has 1 N–H and O–H groups in total. The first-order chi connectivity index (χ1) is 7.35. The van der Waals surface area contributed by atoms with Gasteiger partial charge in [-0.05, 0) is 32.4 Å². The average molecular weight is 243 g/mol. The molecule has 0 fully saturated rings. The highest BCUT2D eigenvalue weighted by Crippen LogP contribution is 2.23. The second-order valence-corrected chi connectivity index (χ2v) is 4.84. The van der Waals surface area contributed by atoms with Crippen LogP contribution in [0.2, 0.25) is 5.02 Å². The van der Waals surface area contributed by atoms with E-state index in [-0.39, 0.29) is 12.2 Å². The highest BCUT2D eigenvalue weighted by Gasteiger charge is 2.22. The number of hydrogen-bond donors (Lipinski definition) is 1. The van der Waals surface area contributed by atoms with Crippen molar-refractivity contribution in [2.75, 3.05) is 0 Å². The van der Waals surface area contributed by atoms with Gasteiger partial charge in [0.2, 0.25) is 0 Å². The van der Waals surface area contributed by atoms with Crippen LogP contribution in [0, 0.1) is 0 Å². The topological polar surface area (TPSA) is 46.5 Å². The second kappa shape index (κ2) is 4.85. The molecule has 0 aliphatic heterocycles. The fourth-order valence-corrected chi connectivity index (χ4v) is 1.53. The summed E-state index contributed by atoms with van der Waals surface area (Å²) >= 11 is 5.92. The minimum Gasteiger partial charge on any atom is -0.456 e. The Morgan fingerprint density at radius 3 is 2.56 bits per heavy atom.